The van der Waals surface area contributed by atoms with Crippen LogP contribution in [0.2, 0.25) is 0 Å². The maximum absolute atomic E-state index is 6.06. The third-order valence-corrected chi connectivity index (χ3v) is 3.87. The first-order valence-corrected chi connectivity index (χ1v) is 6.20. The second kappa shape index (κ2) is 4.63. The van der Waals surface area contributed by atoms with Crippen molar-refractivity contribution in [1.29, 1.82) is 0 Å². The molecule has 2 unspecified atom stereocenters. The zero-order valence-electron chi connectivity index (χ0n) is 9.41. The summed E-state index contributed by atoms with van der Waals surface area (Å²) in [6, 6.07) is 0.504. The molecule has 0 aromatic rings. The summed E-state index contributed by atoms with van der Waals surface area (Å²) in [5.74, 6) is 1.84. The lowest BCUT2D eigenvalue weighted by Crippen LogP contribution is -2.29. The minimum Gasteiger partial charge on any atom is -0.327 e. The second-order valence-corrected chi connectivity index (χ2v) is 5.35. The van der Waals surface area contributed by atoms with Gasteiger partial charge in [-0.2, -0.15) is 0 Å². The summed E-state index contributed by atoms with van der Waals surface area (Å²) in [6.45, 7) is 2.58. The fourth-order valence-corrected chi connectivity index (χ4v) is 2.64. The van der Waals surface area contributed by atoms with Gasteiger partial charge in [0.05, 0.1) is 0 Å². The van der Waals surface area contributed by atoms with Gasteiger partial charge in [0.15, 0.2) is 0 Å². The smallest absolute Gasteiger partial charge is 0.00676 e. The highest BCUT2D eigenvalue weighted by molar-refractivity contribution is 4.81. The number of hydrogen-bond acceptors (Lipinski definition) is 2. The molecule has 82 valence electrons. The van der Waals surface area contributed by atoms with E-state index in [0.717, 1.165) is 11.8 Å². The first-order valence-electron chi connectivity index (χ1n) is 6.20. The van der Waals surface area contributed by atoms with Crippen molar-refractivity contribution in [3.05, 3.63) is 0 Å². The van der Waals surface area contributed by atoms with Crippen LogP contribution in [0.25, 0.3) is 0 Å². The molecule has 0 radical (unpaired) electrons. The normalized spacial score (nSPS) is 32.8. The lowest BCUT2D eigenvalue weighted by Gasteiger charge is -2.20. The van der Waals surface area contributed by atoms with Gasteiger partial charge >= 0.3 is 0 Å². The lowest BCUT2D eigenvalue weighted by molar-refractivity contribution is 0.283. The van der Waals surface area contributed by atoms with Crippen LogP contribution in [0.4, 0.5) is 0 Å². The molecule has 2 N–H and O–H groups in total. The maximum atomic E-state index is 6.06. The van der Waals surface area contributed by atoms with E-state index in [1.165, 1.54) is 51.6 Å². The van der Waals surface area contributed by atoms with Crippen LogP contribution in [-0.4, -0.2) is 31.1 Å². The van der Waals surface area contributed by atoms with Crippen LogP contribution in [0.15, 0.2) is 0 Å². The third kappa shape index (κ3) is 2.96. The average molecular weight is 196 g/mol. The standard InChI is InChI=1S/C12H24N2/c1-14(9-10-5-6-10)8-7-11-3-2-4-12(11)13/h10-12H,2-9,13H2,1H3. The molecule has 0 aromatic carbocycles. The van der Waals surface area contributed by atoms with E-state index in [9.17, 15) is 0 Å². The van der Waals surface area contributed by atoms with E-state index in [2.05, 4.69) is 11.9 Å². The summed E-state index contributed by atoms with van der Waals surface area (Å²) < 4.78 is 0. The van der Waals surface area contributed by atoms with Crippen LogP contribution in [0.3, 0.4) is 0 Å². The fourth-order valence-electron chi connectivity index (χ4n) is 2.64. The van der Waals surface area contributed by atoms with Gasteiger partial charge < -0.3 is 10.6 Å². The fraction of sp³-hybridized carbons (Fsp3) is 1.00. The number of rotatable bonds is 5. The summed E-state index contributed by atoms with van der Waals surface area (Å²) in [6.07, 6.45) is 8.25. The minimum atomic E-state index is 0.504. The predicted molar refractivity (Wildman–Crippen MR) is 60.2 cm³/mol. The molecular formula is C12H24N2. The van der Waals surface area contributed by atoms with Gasteiger partial charge in [-0.25, -0.2) is 0 Å². The van der Waals surface area contributed by atoms with Crippen LogP contribution < -0.4 is 5.73 Å². The van der Waals surface area contributed by atoms with Gasteiger partial charge in [0.1, 0.15) is 0 Å². The van der Waals surface area contributed by atoms with Gasteiger partial charge in [0.25, 0.3) is 0 Å². The van der Waals surface area contributed by atoms with Gasteiger partial charge in [-0.3, -0.25) is 0 Å². The van der Waals surface area contributed by atoms with Crippen molar-refractivity contribution in [3.8, 4) is 0 Å². The van der Waals surface area contributed by atoms with Crippen LogP contribution in [0, 0.1) is 11.8 Å². The van der Waals surface area contributed by atoms with Gasteiger partial charge in [-0.05, 0) is 57.5 Å². The van der Waals surface area contributed by atoms with Crippen molar-refractivity contribution in [2.24, 2.45) is 17.6 Å². The van der Waals surface area contributed by atoms with E-state index in [1.54, 1.807) is 0 Å². The van der Waals surface area contributed by atoms with Crippen molar-refractivity contribution in [3.63, 3.8) is 0 Å². The minimum absolute atomic E-state index is 0.504. The molecule has 0 saturated heterocycles. The Morgan fingerprint density at radius 1 is 1.21 bits per heavy atom. The molecule has 0 amide bonds. The molecule has 0 heterocycles. The molecule has 0 bridgehead atoms. The molecule has 2 atom stereocenters. The lowest BCUT2D eigenvalue weighted by atomic mass is 10.00. The Balaban J connectivity index is 1.60. The monoisotopic (exact) mass is 196 g/mol. The predicted octanol–water partition coefficient (Wildman–Crippen LogP) is 1.85. The summed E-state index contributed by atoms with van der Waals surface area (Å²) in [7, 11) is 2.26. The zero-order valence-corrected chi connectivity index (χ0v) is 9.41. The summed E-state index contributed by atoms with van der Waals surface area (Å²) in [5, 5.41) is 0. The molecular weight excluding hydrogens is 172 g/mol. The highest BCUT2D eigenvalue weighted by Crippen LogP contribution is 2.30. The Kier molecular flexibility index (Phi) is 3.45. The van der Waals surface area contributed by atoms with Crippen molar-refractivity contribution < 1.29 is 0 Å². The molecule has 2 heteroatoms. The molecule has 2 rings (SSSR count). The van der Waals surface area contributed by atoms with Crippen LogP contribution in [-0.2, 0) is 0 Å². The third-order valence-electron chi connectivity index (χ3n) is 3.87. The number of nitrogens with zero attached hydrogens (tertiary/aromatic N) is 1. The Bertz CT molecular complexity index is 177. The van der Waals surface area contributed by atoms with E-state index in [-0.39, 0.29) is 0 Å². The van der Waals surface area contributed by atoms with Crippen LogP contribution in [0.5, 0.6) is 0 Å². The largest absolute Gasteiger partial charge is 0.327 e. The van der Waals surface area contributed by atoms with Crippen LogP contribution >= 0.6 is 0 Å². The zero-order chi connectivity index (χ0) is 9.97. The molecule has 2 fully saturated rings. The van der Waals surface area contributed by atoms with E-state index in [0.29, 0.717) is 6.04 Å². The van der Waals surface area contributed by atoms with Crippen molar-refractivity contribution in [2.75, 3.05) is 20.1 Å². The Labute approximate surface area is 87.8 Å². The summed E-state index contributed by atoms with van der Waals surface area (Å²) >= 11 is 0. The van der Waals surface area contributed by atoms with Gasteiger partial charge in [0, 0.05) is 12.6 Å². The molecule has 0 aliphatic heterocycles. The van der Waals surface area contributed by atoms with Crippen LogP contribution in [0.1, 0.15) is 38.5 Å². The average Bonchev–Trinajstić information content (AvgIpc) is 2.86. The highest BCUT2D eigenvalue weighted by atomic mass is 15.1. The molecule has 0 spiro atoms. The number of hydrogen-bond donors (Lipinski definition) is 1. The van der Waals surface area contributed by atoms with Crippen molar-refractivity contribution >= 4 is 0 Å². The molecule has 0 aromatic heterocycles. The maximum Gasteiger partial charge on any atom is 0.00676 e. The van der Waals surface area contributed by atoms with Gasteiger partial charge in [-0.1, -0.05) is 6.42 Å². The van der Waals surface area contributed by atoms with Crippen molar-refractivity contribution in [1.82, 2.24) is 4.90 Å². The quantitative estimate of drug-likeness (QED) is 0.727. The SMILES string of the molecule is CN(CCC1CCCC1N)CC1CC1. The second-order valence-electron chi connectivity index (χ2n) is 5.35. The topological polar surface area (TPSA) is 29.3 Å². The number of nitrogens with two attached hydrogens (primary N) is 1. The van der Waals surface area contributed by atoms with Crippen molar-refractivity contribution in [2.45, 2.75) is 44.6 Å². The van der Waals surface area contributed by atoms with E-state index in [4.69, 9.17) is 5.73 Å². The first-order chi connectivity index (χ1) is 6.75. The van der Waals surface area contributed by atoms with Gasteiger partial charge in [0.2, 0.25) is 0 Å². The first kappa shape index (κ1) is 10.4. The molecule has 2 aliphatic rings. The Hall–Kier alpha value is -0.0800. The summed E-state index contributed by atoms with van der Waals surface area (Å²) in [4.78, 5) is 2.50. The Morgan fingerprint density at radius 2 is 2.00 bits per heavy atom. The molecule has 2 aliphatic carbocycles. The molecule has 2 nitrogen and oxygen atoms in total. The van der Waals surface area contributed by atoms with E-state index >= 15 is 0 Å². The Morgan fingerprint density at radius 3 is 2.57 bits per heavy atom. The highest BCUT2D eigenvalue weighted by Gasteiger charge is 2.25. The molecule has 14 heavy (non-hydrogen) atoms. The molecule has 2 saturated carbocycles. The van der Waals surface area contributed by atoms with Gasteiger partial charge in [-0.15, -0.1) is 0 Å². The summed E-state index contributed by atoms with van der Waals surface area (Å²) in [5.41, 5.74) is 6.06. The van der Waals surface area contributed by atoms with E-state index < -0.39 is 0 Å². The van der Waals surface area contributed by atoms with E-state index in [1.807, 2.05) is 0 Å².